The maximum atomic E-state index is 5.92. The smallest absolute Gasteiger partial charge is 0.0502 e. The summed E-state index contributed by atoms with van der Waals surface area (Å²) in [5.74, 6) is 0. The molecule has 1 N–H and O–H groups in total. The van der Waals surface area contributed by atoms with Gasteiger partial charge in [-0.1, -0.05) is 11.6 Å². The van der Waals surface area contributed by atoms with Crippen molar-refractivity contribution in [1.82, 2.24) is 0 Å². The van der Waals surface area contributed by atoms with Crippen LogP contribution in [0.15, 0.2) is 39.5 Å². The zero-order chi connectivity index (χ0) is 10.7. The number of hydrogen-bond donors (Lipinski definition) is 1. The summed E-state index contributed by atoms with van der Waals surface area (Å²) in [5.41, 5.74) is 2.31. The molecular formula is C11H9BrClNS. The molecule has 1 aromatic carbocycles. The molecule has 0 aliphatic rings. The van der Waals surface area contributed by atoms with Crippen molar-refractivity contribution >= 4 is 44.6 Å². The van der Waals surface area contributed by atoms with Gasteiger partial charge in [0.1, 0.15) is 0 Å². The summed E-state index contributed by atoms with van der Waals surface area (Å²) in [6.07, 6.45) is 0. The van der Waals surface area contributed by atoms with E-state index in [1.165, 1.54) is 5.56 Å². The van der Waals surface area contributed by atoms with E-state index < -0.39 is 0 Å². The molecule has 0 saturated heterocycles. The normalized spacial score (nSPS) is 10.3. The van der Waals surface area contributed by atoms with Crippen LogP contribution >= 0.6 is 38.9 Å². The Morgan fingerprint density at radius 2 is 2.20 bits per heavy atom. The summed E-state index contributed by atoms with van der Waals surface area (Å²) < 4.78 is 1.03. The first kappa shape index (κ1) is 11.0. The van der Waals surface area contributed by atoms with Gasteiger partial charge in [-0.2, -0.15) is 11.3 Å². The molecule has 1 heterocycles. The Kier molecular flexibility index (Phi) is 3.67. The first-order valence-electron chi connectivity index (χ1n) is 4.46. The van der Waals surface area contributed by atoms with Crippen LogP contribution in [0, 0.1) is 0 Å². The van der Waals surface area contributed by atoms with Crippen LogP contribution in [-0.2, 0) is 6.54 Å². The molecule has 0 saturated carbocycles. The largest absolute Gasteiger partial charge is 0.380 e. The van der Waals surface area contributed by atoms with Crippen LogP contribution in [-0.4, -0.2) is 0 Å². The van der Waals surface area contributed by atoms with E-state index in [2.05, 4.69) is 38.1 Å². The molecule has 0 aliphatic carbocycles. The van der Waals surface area contributed by atoms with Gasteiger partial charge >= 0.3 is 0 Å². The lowest BCUT2D eigenvalue weighted by atomic mass is 10.3. The van der Waals surface area contributed by atoms with Crippen LogP contribution < -0.4 is 5.32 Å². The van der Waals surface area contributed by atoms with E-state index in [9.17, 15) is 0 Å². The van der Waals surface area contributed by atoms with Gasteiger partial charge in [-0.25, -0.2) is 0 Å². The number of nitrogens with one attached hydrogen (secondary N) is 1. The number of thiophene rings is 1. The maximum Gasteiger partial charge on any atom is 0.0502 e. The number of rotatable bonds is 3. The fourth-order valence-corrected chi connectivity index (χ4v) is 2.45. The van der Waals surface area contributed by atoms with Crippen molar-refractivity contribution in [3.63, 3.8) is 0 Å². The minimum atomic E-state index is 0.742. The van der Waals surface area contributed by atoms with Crippen LogP contribution in [0.5, 0.6) is 0 Å². The van der Waals surface area contributed by atoms with E-state index >= 15 is 0 Å². The lowest BCUT2D eigenvalue weighted by Crippen LogP contribution is -1.98. The van der Waals surface area contributed by atoms with Crippen molar-refractivity contribution in [1.29, 1.82) is 0 Å². The quantitative estimate of drug-likeness (QED) is 0.860. The Balaban J connectivity index is 2.07. The number of benzene rings is 1. The highest BCUT2D eigenvalue weighted by Crippen LogP contribution is 2.26. The summed E-state index contributed by atoms with van der Waals surface area (Å²) in [6, 6.07) is 7.83. The van der Waals surface area contributed by atoms with Crippen molar-refractivity contribution in [2.45, 2.75) is 6.54 Å². The van der Waals surface area contributed by atoms with Gasteiger partial charge in [0.2, 0.25) is 0 Å². The SMILES string of the molecule is Clc1ccc(Br)c(NCc2ccsc2)c1. The molecule has 0 aliphatic heterocycles. The van der Waals surface area contributed by atoms with E-state index in [0.29, 0.717) is 0 Å². The Labute approximate surface area is 106 Å². The fourth-order valence-electron chi connectivity index (χ4n) is 1.22. The molecule has 0 bridgehead atoms. The highest BCUT2D eigenvalue weighted by molar-refractivity contribution is 9.10. The average molecular weight is 303 g/mol. The third-order valence-electron chi connectivity index (χ3n) is 1.99. The first-order valence-corrected chi connectivity index (χ1v) is 6.57. The monoisotopic (exact) mass is 301 g/mol. The van der Waals surface area contributed by atoms with Crippen molar-refractivity contribution in [2.24, 2.45) is 0 Å². The zero-order valence-corrected chi connectivity index (χ0v) is 11.0. The zero-order valence-electron chi connectivity index (χ0n) is 7.84. The lowest BCUT2D eigenvalue weighted by molar-refractivity contribution is 1.16. The first-order chi connectivity index (χ1) is 7.25. The second-order valence-electron chi connectivity index (χ2n) is 3.11. The van der Waals surface area contributed by atoms with Gasteiger partial charge in [-0.05, 0) is 56.5 Å². The predicted molar refractivity (Wildman–Crippen MR) is 70.8 cm³/mol. The standard InChI is InChI=1S/C11H9BrClNS/c12-10-2-1-9(13)5-11(10)14-6-8-3-4-15-7-8/h1-5,7,14H,6H2. The second kappa shape index (κ2) is 5.01. The molecule has 0 amide bonds. The van der Waals surface area contributed by atoms with Crippen molar-refractivity contribution in [2.75, 3.05) is 5.32 Å². The lowest BCUT2D eigenvalue weighted by Gasteiger charge is -2.07. The molecule has 0 spiro atoms. The van der Waals surface area contributed by atoms with Crippen LogP contribution in [0.2, 0.25) is 5.02 Å². The van der Waals surface area contributed by atoms with Gasteiger partial charge in [-0.3, -0.25) is 0 Å². The van der Waals surface area contributed by atoms with E-state index in [0.717, 1.165) is 21.7 Å². The average Bonchev–Trinajstić information content (AvgIpc) is 2.72. The summed E-state index contributed by atoms with van der Waals surface area (Å²) >= 11 is 11.1. The summed E-state index contributed by atoms with van der Waals surface area (Å²) in [4.78, 5) is 0. The van der Waals surface area contributed by atoms with Crippen molar-refractivity contribution in [3.8, 4) is 0 Å². The Hall–Kier alpha value is -0.510. The highest BCUT2D eigenvalue weighted by atomic mass is 79.9. The molecule has 0 fully saturated rings. The molecule has 15 heavy (non-hydrogen) atoms. The highest BCUT2D eigenvalue weighted by Gasteiger charge is 2.00. The Bertz CT molecular complexity index is 442. The van der Waals surface area contributed by atoms with Crippen molar-refractivity contribution in [3.05, 3.63) is 50.1 Å². The van der Waals surface area contributed by atoms with E-state index in [-0.39, 0.29) is 0 Å². The minimum absolute atomic E-state index is 0.742. The van der Waals surface area contributed by atoms with Crippen molar-refractivity contribution < 1.29 is 0 Å². The molecule has 1 nitrogen and oxygen atoms in total. The second-order valence-corrected chi connectivity index (χ2v) is 5.18. The molecule has 1 aromatic heterocycles. The van der Waals surface area contributed by atoms with Gasteiger partial charge < -0.3 is 5.32 Å². The van der Waals surface area contributed by atoms with Gasteiger partial charge in [0, 0.05) is 16.0 Å². The van der Waals surface area contributed by atoms with Gasteiger partial charge in [0.15, 0.2) is 0 Å². The third-order valence-corrected chi connectivity index (χ3v) is 3.65. The van der Waals surface area contributed by atoms with E-state index in [1.54, 1.807) is 11.3 Å². The Morgan fingerprint density at radius 1 is 1.33 bits per heavy atom. The molecule has 0 radical (unpaired) electrons. The molecule has 4 heteroatoms. The van der Waals surface area contributed by atoms with Crippen LogP contribution in [0.3, 0.4) is 0 Å². The summed E-state index contributed by atoms with van der Waals surface area (Å²) in [7, 11) is 0. The van der Waals surface area contributed by atoms with Gasteiger partial charge in [-0.15, -0.1) is 0 Å². The van der Waals surface area contributed by atoms with Gasteiger partial charge in [0.25, 0.3) is 0 Å². The molecular weight excluding hydrogens is 294 g/mol. The van der Waals surface area contributed by atoms with Crippen LogP contribution in [0.1, 0.15) is 5.56 Å². The Morgan fingerprint density at radius 3 is 2.93 bits per heavy atom. The van der Waals surface area contributed by atoms with E-state index in [1.807, 2.05) is 18.2 Å². The topological polar surface area (TPSA) is 12.0 Å². The molecule has 78 valence electrons. The maximum absolute atomic E-state index is 5.92. The van der Waals surface area contributed by atoms with Crippen LogP contribution in [0.25, 0.3) is 0 Å². The third kappa shape index (κ3) is 2.97. The minimum Gasteiger partial charge on any atom is -0.380 e. The molecule has 2 rings (SSSR count). The van der Waals surface area contributed by atoms with Gasteiger partial charge in [0.05, 0.1) is 5.69 Å². The molecule has 0 unspecified atom stereocenters. The molecule has 2 aromatic rings. The molecule has 0 atom stereocenters. The van der Waals surface area contributed by atoms with E-state index in [4.69, 9.17) is 11.6 Å². The van der Waals surface area contributed by atoms with Crippen LogP contribution in [0.4, 0.5) is 5.69 Å². The number of anilines is 1. The number of halogens is 2. The number of hydrogen-bond acceptors (Lipinski definition) is 2. The fraction of sp³-hybridized carbons (Fsp3) is 0.0909. The summed E-state index contributed by atoms with van der Waals surface area (Å²) in [5, 5.41) is 8.28. The predicted octanol–water partition coefficient (Wildman–Crippen LogP) is 4.78. The summed E-state index contributed by atoms with van der Waals surface area (Å²) in [6.45, 7) is 0.822.